The summed E-state index contributed by atoms with van der Waals surface area (Å²) in [7, 11) is 0. The van der Waals surface area contributed by atoms with Crippen molar-refractivity contribution in [2.24, 2.45) is 5.10 Å². The van der Waals surface area contributed by atoms with Crippen LogP contribution in [-0.2, 0) is 14.4 Å². The van der Waals surface area contributed by atoms with Gasteiger partial charge in [0.1, 0.15) is 0 Å². The van der Waals surface area contributed by atoms with Crippen LogP contribution in [0.15, 0.2) is 5.10 Å². The Kier molecular flexibility index (Phi) is 1.56. The van der Waals surface area contributed by atoms with Crippen LogP contribution in [0.2, 0.25) is 0 Å². The van der Waals surface area contributed by atoms with Crippen LogP contribution >= 0.6 is 0 Å². The monoisotopic (exact) mass is 172 g/mol. The lowest BCUT2D eigenvalue weighted by Gasteiger charge is -2.15. The van der Waals surface area contributed by atoms with E-state index in [1.807, 2.05) is 0 Å². The first kappa shape index (κ1) is 8.18. The third kappa shape index (κ3) is 0.760. The zero-order chi connectivity index (χ0) is 9.35. The third-order valence-corrected chi connectivity index (χ3v) is 1.43. The van der Waals surface area contributed by atoms with Crippen LogP contribution in [0.1, 0.15) is 0 Å². The molecule has 64 valence electrons. The molecule has 0 aromatic rings. The smallest absolute Gasteiger partial charge is 0.351 e. The van der Waals surface area contributed by atoms with Crippen molar-refractivity contribution in [2.45, 2.75) is 5.54 Å². The first-order valence-electron chi connectivity index (χ1n) is 2.83. The molecule has 0 bridgehead atoms. The second kappa shape index (κ2) is 2.29. The average molecular weight is 172 g/mol. The predicted molar refractivity (Wildman–Crippen MR) is 34.6 cm³/mol. The standard InChI is InChI=1S/C5H4N2O5/c8-2-1-6-7-5(2,3(9)10)4(11)12/h1,7H,(H,9,10)(H,11,12). The summed E-state index contributed by atoms with van der Waals surface area (Å²) in [6, 6.07) is 0. The predicted octanol–water partition coefficient (Wildman–Crippen LogP) is -1.95. The largest absolute Gasteiger partial charge is 0.479 e. The van der Waals surface area contributed by atoms with E-state index in [1.54, 1.807) is 5.43 Å². The van der Waals surface area contributed by atoms with E-state index < -0.39 is 23.3 Å². The zero-order valence-electron chi connectivity index (χ0n) is 5.64. The molecule has 0 saturated heterocycles. The Morgan fingerprint density at radius 2 is 1.92 bits per heavy atom. The van der Waals surface area contributed by atoms with Crippen molar-refractivity contribution >= 4 is 23.9 Å². The highest BCUT2D eigenvalue weighted by Gasteiger charge is 2.55. The van der Waals surface area contributed by atoms with Gasteiger partial charge in [0.15, 0.2) is 0 Å². The maximum absolute atomic E-state index is 10.8. The fourth-order valence-corrected chi connectivity index (χ4v) is 0.738. The molecule has 0 atom stereocenters. The third-order valence-electron chi connectivity index (χ3n) is 1.43. The van der Waals surface area contributed by atoms with E-state index in [-0.39, 0.29) is 0 Å². The molecule has 1 aliphatic rings. The summed E-state index contributed by atoms with van der Waals surface area (Å²) >= 11 is 0. The summed E-state index contributed by atoms with van der Waals surface area (Å²) in [4.78, 5) is 31.7. The van der Waals surface area contributed by atoms with Crippen LogP contribution in [0.3, 0.4) is 0 Å². The highest BCUT2D eigenvalue weighted by Crippen LogP contribution is 2.10. The molecule has 0 aliphatic carbocycles. The number of carboxylic acid groups (broad SMARTS) is 2. The van der Waals surface area contributed by atoms with Gasteiger partial charge in [-0.1, -0.05) is 0 Å². The zero-order valence-corrected chi connectivity index (χ0v) is 5.64. The number of rotatable bonds is 2. The second-order valence-corrected chi connectivity index (χ2v) is 2.09. The van der Waals surface area contributed by atoms with E-state index in [0.29, 0.717) is 6.21 Å². The minimum absolute atomic E-state index is 0.627. The van der Waals surface area contributed by atoms with Crippen LogP contribution in [0, 0.1) is 0 Å². The Balaban J connectivity index is 3.14. The topological polar surface area (TPSA) is 116 Å². The van der Waals surface area contributed by atoms with E-state index in [4.69, 9.17) is 10.2 Å². The van der Waals surface area contributed by atoms with Crippen LogP contribution in [0.25, 0.3) is 0 Å². The van der Waals surface area contributed by atoms with Gasteiger partial charge in [-0.05, 0) is 0 Å². The van der Waals surface area contributed by atoms with Crippen molar-refractivity contribution in [1.29, 1.82) is 0 Å². The molecule has 1 aliphatic heterocycles. The normalized spacial score (nSPS) is 18.8. The van der Waals surface area contributed by atoms with Crippen LogP contribution in [0.4, 0.5) is 0 Å². The number of carbonyl (C=O) groups is 3. The van der Waals surface area contributed by atoms with E-state index in [2.05, 4.69) is 5.10 Å². The van der Waals surface area contributed by atoms with Gasteiger partial charge in [0.2, 0.25) is 5.78 Å². The van der Waals surface area contributed by atoms with Gasteiger partial charge in [0, 0.05) is 0 Å². The molecule has 0 unspecified atom stereocenters. The van der Waals surface area contributed by atoms with Gasteiger partial charge in [0.05, 0.1) is 6.21 Å². The van der Waals surface area contributed by atoms with Crippen molar-refractivity contribution in [3.63, 3.8) is 0 Å². The number of ketones is 1. The molecule has 1 rings (SSSR count). The molecular weight excluding hydrogens is 168 g/mol. The highest BCUT2D eigenvalue weighted by atomic mass is 16.4. The van der Waals surface area contributed by atoms with Crippen molar-refractivity contribution in [2.75, 3.05) is 0 Å². The molecule has 1 heterocycles. The first-order valence-corrected chi connectivity index (χ1v) is 2.83. The highest BCUT2D eigenvalue weighted by molar-refractivity contribution is 6.45. The van der Waals surface area contributed by atoms with Crippen molar-refractivity contribution in [3.05, 3.63) is 0 Å². The number of aliphatic carboxylic acids is 2. The lowest BCUT2D eigenvalue weighted by Crippen LogP contribution is -2.59. The maximum Gasteiger partial charge on any atom is 0.351 e. The molecule has 7 nitrogen and oxygen atoms in total. The van der Waals surface area contributed by atoms with Gasteiger partial charge in [0.25, 0.3) is 0 Å². The van der Waals surface area contributed by atoms with Gasteiger partial charge in [-0.15, -0.1) is 0 Å². The quantitative estimate of drug-likeness (QED) is 0.417. The fraction of sp³-hybridized carbons (Fsp3) is 0.200. The Bertz CT molecular complexity index is 280. The summed E-state index contributed by atoms with van der Waals surface area (Å²) in [5.41, 5.74) is -0.885. The summed E-state index contributed by atoms with van der Waals surface area (Å²) in [5, 5.41) is 20.0. The minimum atomic E-state index is -2.63. The Morgan fingerprint density at radius 1 is 1.42 bits per heavy atom. The van der Waals surface area contributed by atoms with Gasteiger partial charge < -0.3 is 10.2 Å². The van der Waals surface area contributed by atoms with E-state index in [9.17, 15) is 14.4 Å². The summed E-state index contributed by atoms with van der Waals surface area (Å²) in [5.74, 6) is -4.66. The molecular formula is C5H4N2O5. The lowest BCUT2D eigenvalue weighted by atomic mass is 9.97. The maximum atomic E-state index is 10.8. The molecule has 12 heavy (non-hydrogen) atoms. The molecule has 0 aromatic heterocycles. The first-order chi connectivity index (χ1) is 5.51. The number of nitrogens with one attached hydrogen (secondary N) is 1. The Labute approximate surface area is 65.7 Å². The van der Waals surface area contributed by atoms with E-state index >= 15 is 0 Å². The van der Waals surface area contributed by atoms with Gasteiger partial charge >= 0.3 is 17.5 Å². The minimum Gasteiger partial charge on any atom is -0.479 e. The number of hydrazone groups is 1. The van der Waals surface area contributed by atoms with Crippen LogP contribution < -0.4 is 5.43 Å². The van der Waals surface area contributed by atoms with Gasteiger partial charge in [-0.2, -0.15) is 5.10 Å². The van der Waals surface area contributed by atoms with Crippen LogP contribution in [0.5, 0.6) is 0 Å². The molecule has 7 heteroatoms. The Morgan fingerprint density at radius 3 is 2.08 bits per heavy atom. The molecule has 0 fully saturated rings. The lowest BCUT2D eigenvalue weighted by molar-refractivity contribution is -0.160. The second-order valence-electron chi connectivity index (χ2n) is 2.09. The van der Waals surface area contributed by atoms with Crippen molar-refractivity contribution in [3.8, 4) is 0 Å². The van der Waals surface area contributed by atoms with Crippen LogP contribution in [-0.4, -0.2) is 39.7 Å². The molecule has 0 amide bonds. The number of hydrogen-bond acceptors (Lipinski definition) is 5. The molecule has 0 radical (unpaired) electrons. The summed E-state index contributed by atoms with van der Waals surface area (Å²) < 4.78 is 0. The molecule has 0 aromatic carbocycles. The number of Topliss-reactive ketones (excluding diaryl/α,β-unsaturated/α-hetero) is 1. The Hall–Kier alpha value is -1.92. The summed E-state index contributed by atoms with van der Waals surface area (Å²) in [6.45, 7) is 0. The average Bonchev–Trinajstić information content (AvgIpc) is 2.31. The van der Waals surface area contributed by atoms with Gasteiger partial charge in [-0.25, -0.2) is 9.59 Å². The SMILES string of the molecule is O=C(O)C1(C(=O)O)NN=CC1=O. The number of carbonyl (C=O) groups excluding carboxylic acids is 1. The van der Waals surface area contributed by atoms with Gasteiger partial charge in [-0.3, -0.25) is 10.2 Å². The number of nitrogens with zero attached hydrogens (tertiary/aromatic N) is 1. The molecule has 0 spiro atoms. The number of hydrogen-bond donors (Lipinski definition) is 3. The molecule has 3 N–H and O–H groups in total. The van der Waals surface area contributed by atoms with E-state index in [1.165, 1.54) is 0 Å². The summed E-state index contributed by atoms with van der Waals surface area (Å²) in [6.07, 6.45) is 0.627. The molecule has 0 saturated carbocycles. The fourth-order valence-electron chi connectivity index (χ4n) is 0.738. The number of carboxylic acids is 2. The van der Waals surface area contributed by atoms with Crippen molar-refractivity contribution < 1.29 is 24.6 Å². The van der Waals surface area contributed by atoms with E-state index in [0.717, 1.165) is 0 Å². The van der Waals surface area contributed by atoms with Crippen molar-refractivity contribution in [1.82, 2.24) is 5.43 Å².